The van der Waals surface area contributed by atoms with Crippen LogP contribution in [0, 0.1) is 0 Å². The van der Waals surface area contributed by atoms with Crippen molar-refractivity contribution in [1.82, 2.24) is 4.90 Å². The summed E-state index contributed by atoms with van der Waals surface area (Å²) in [6.45, 7) is 4.00. The van der Waals surface area contributed by atoms with Crippen LogP contribution in [-0.2, 0) is 16.0 Å². The van der Waals surface area contributed by atoms with Crippen molar-refractivity contribution in [2.75, 3.05) is 19.7 Å². The summed E-state index contributed by atoms with van der Waals surface area (Å²) in [5.41, 5.74) is 7.14. The first-order valence-corrected chi connectivity index (χ1v) is 6.90. The third kappa shape index (κ3) is 4.47. The Morgan fingerprint density at radius 1 is 1.45 bits per heavy atom. The molecule has 0 saturated carbocycles. The molecular weight excluding hydrogens is 276 g/mol. The van der Waals surface area contributed by atoms with Crippen molar-refractivity contribution < 1.29 is 9.53 Å². The van der Waals surface area contributed by atoms with Crippen LogP contribution in [0.25, 0.3) is 0 Å². The molecule has 2 rings (SSSR count). The first-order valence-electron chi connectivity index (χ1n) is 6.90. The van der Waals surface area contributed by atoms with E-state index in [0.29, 0.717) is 26.1 Å². The van der Waals surface area contributed by atoms with Gasteiger partial charge in [0.05, 0.1) is 18.8 Å². The van der Waals surface area contributed by atoms with E-state index >= 15 is 0 Å². The molecule has 1 aromatic carbocycles. The molecule has 1 aliphatic rings. The normalized spacial score (nSPS) is 20.1. The van der Waals surface area contributed by atoms with Crippen molar-refractivity contribution in [1.29, 1.82) is 0 Å². The lowest BCUT2D eigenvalue weighted by atomic mass is 10.1. The van der Waals surface area contributed by atoms with Crippen molar-refractivity contribution in [3.63, 3.8) is 0 Å². The first kappa shape index (κ1) is 17.0. The third-order valence-electron chi connectivity index (χ3n) is 3.52. The number of morpholine rings is 1. The molecule has 0 radical (unpaired) electrons. The molecule has 20 heavy (non-hydrogen) atoms. The van der Waals surface area contributed by atoms with Gasteiger partial charge in [-0.1, -0.05) is 37.3 Å². The quantitative estimate of drug-likeness (QED) is 0.919. The average Bonchev–Trinajstić information content (AvgIpc) is 2.47. The molecule has 1 aliphatic heterocycles. The zero-order valence-electron chi connectivity index (χ0n) is 11.8. The van der Waals surface area contributed by atoms with E-state index in [4.69, 9.17) is 10.5 Å². The van der Waals surface area contributed by atoms with E-state index in [-0.39, 0.29) is 24.4 Å². The van der Waals surface area contributed by atoms with Crippen molar-refractivity contribution in [2.45, 2.75) is 31.9 Å². The Morgan fingerprint density at radius 3 is 2.80 bits per heavy atom. The lowest BCUT2D eigenvalue weighted by molar-refractivity contribution is -0.140. The summed E-state index contributed by atoms with van der Waals surface area (Å²) in [5, 5.41) is 0. The molecule has 1 fully saturated rings. The fourth-order valence-electron chi connectivity index (χ4n) is 2.36. The molecule has 1 heterocycles. The van der Waals surface area contributed by atoms with Gasteiger partial charge in [-0.25, -0.2) is 0 Å². The Labute approximate surface area is 126 Å². The number of hydrogen-bond donors (Lipinski definition) is 1. The van der Waals surface area contributed by atoms with Crippen LogP contribution in [0.15, 0.2) is 30.3 Å². The number of benzene rings is 1. The summed E-state index contributed by atoms with van der Waals surface area (Å²) in [7, 11) is 0. The van der Waals surface area contributed by atoms with E-state index in [1.54, 1.807) is 0 Å². The van der Waals surface area contributed by atoms with E-state index in [1.165, 1.54) is 0 Å². The van der Waals surface area contributed by atoms with E-state index in [9.17, 15) is 4.79 Å². The second-order valence-corrected chi connectivity index (χ2v) is 4.98. The largest absolute Gasteiger partial charge is 0.375 e. The Bertz CT molecular complexity index is 414. The van der Waals surface area contributed by atoms with Crippen LogP contribution in [0.1, 0.15) is 18.9 Å². The molecule has 4 nitrogen and oxygen atoms in total. The number of nitrogens with two attached hydrogens (primary N) is 1. The highest BCUT2D eigenvalue weighted by atomic mass is 35.5. The number of hydrogen-bond acceptors (Lipinski definition) is 3. The van der Waals surface area contributed by atoms with Crippen molar-refractivity contribution in [3.05, 3.63) is 35.9 Å². The maximum absolute atomic E-state index is 12.3. The van der Waals surface area contributed by atoms with E-state index in [0.717, 1.165) is 12.0 Å². The zero-order chi connectivity index (χ0) is 13.7. The van der Waals surface area contributed by atoms with Gasteiger partial charge in [0.15, 0.2) is 0 Å². The highest BCUT2D eigenvalue weighted by Crippen LogP contribution is 2.11. The van der Waals surface area contributed by atoms with Gasteiger partial charge in [0.25, 0.3) is 0 Å². The predicted octanol–water partition coefficient (Wildman–Crippen LogP) is 1.62. The summed E-state index contributed by atoms with van der Waals surface area (Å²) in [4.78, 5) is 14.1. The number of rotatable bonds is 4. The lowest BCUT2D eigenvalue weighted by Gasteiger charge is -2.34. The van der Waals surface area contributed by atoms with Gasteiger partial charge in [0.2, 0.25) is 5.91 Å². The topological polar surface area (TPSA) is 55.6 Å². The minimum Gasteiger partial charge on any atom is -0.375 e. The van der Waals surface area contributed by atoms with Crippen LogP contribution in [-0.4, -0.2) is 42.6 Å². The summed E-state index contributed by atoms with van der Waals surface area (Å²) < 4.78 is 5.57. The minimum atomic E-state index is -0.460. The van der Waals surface area contributed by atoms with Crippen molar-refractivity contribution >= 4 is 18.3 Å². The fourth-order valence-corrected chi connectivity index (χ4v) is 2.36. The second kappa shape index (κ2) is 8.25. The molecule has 1 saturated heterocycles. The Balaban J connectivity index is 0.00000200. The monoisotopic (exact) mass is 298 g/mol. The Kier molecular flexibility index (Phi) is 6.99. The van der Waals surface area contributed by atoms with E-state index < -0.39 is 6.04 Å². The molecule has 0 bridgehead atoms. The number of carbonyl (C=O) groups excluding carboxylic acids is 1. The molecule has 2 N–H and O–H groups in total. The molecule has 5 heteroatoms. The Hall–Kier alpha value is -1.10. The molecule has 112 valence electrons. The summed E-state index contributed by atoms with van der Waals surface area (Å²) in [6.07, 6.45) is 1.67. The highest BCUT2D eigenvalue weighted by molar-refractivity contribution is 5.85. The summed E-state index contributed by atoms with van der Waals surface area (Å²) in [6, 6.07) is 9.44. The molecule has 2 atom stereocenters. The van der Waals surface area contributed by atoms with Crippen LogP contribution < -0.4 is 5.73 Å². The maximum atomic E-state index is 12.3. The molecule has 1 aromatic rings. The fraction of sp³-hybridized carbons (Fsp3) is 0.533. The van der Waals surface area contributed by atoms with Crippen LogP contribution in [0.3, 0.4) is 0 Å². The Morgan fingerprint density at radius 2 is 2.15 bits per heavy atom. The number of amides is 1. The van der Waals surface area contributed by atoms with Crippen LogP contribution >= 0.6 is 12.4 Å². The maximum Gasteiger partial charge on any atom is 0.239 e. The van der Waals surface area contributed by atoms with Gasteiger partial charge < -0.3 is 15.4 Å². The van der Waals surface area contributed by atoms with Crippen LogP contribution in [0.5, 0.6) is 0 Å². The lowest BCUT2D eigenvalue weighted by Crippen LogP contribution is -2.51. The van der Waals surface area contributed by atoms with Gasteiger partial charge in [0, 0.05) is 13.1 Å². The molecule has 1 unspecified atom stereocenters. The molecular formula is C15H23ClN2O2. The van der Waals surface area contributed by atoms with Gasteiger partial charge in [-0.3, -0.25) is 4.79 Å². The van der Waals surface area contributed by atoms with Crippen molar-refractivity contribution in [2.24, 2.45) is 5.73 Å². The van der Waals surface area contributed by atoms with Crippen molar-refractivity contribution in [3.8, 4) is 0 Å². The molecule has 0 aliphatic carbocycles. The summed E-state index contributed by atoms with van der Waals surface area (Å²) >= 11 is 0. The summed E-state index contributed by atoms with van der Waals surface area (Å²) in [5.74, 6) is 0.0330. The van der Waals surface area contributed by atoms with E-state index in [1.807, 2.05) is 35.2 Å². The van der Waals surface area contributed by atoms with Gasteiger partial charge in [0.1, 0.15) is 0 Å². The van der Waals surface area contributed by atoms with E-state index in [2.05, 4.69) is 6.92 Å². The van der Waals surface area contributed by atoms with Gasteiger partial charge >= 0.3 is 0 Å². The predicted molar refractivity (Wildman–Crippen MR) is 82.0 cm³/mol. The van der Waals surface area contributed by atoms with Crippen LogP contribution in [0.4, 0.5) is 0 Å². The minimum absolute atomic E-state index is 0. The first-order chi connectivity index (χ1) is 9.20. The number of ether oxygens (including phenoxy) is 1. The van der Waals surface area contributed by atoms with Crippen LogP contribution in [0.2, 0.25) is 0 Å². The zero-order valence-corrected chi connectivity index (χ0v) is 12.6. The highest BCUT2D eigenvalue weighted by Gasteiger charge is 2.26. The standard InChI is InChI=1S/C15H22N2O2.ClH/c1-2-13-11-17(8-9-19-13)15(18)14(16)10-12-6-4-3-5-7-12;/h3-7,13-14H,2,8-11,16H2,1H3;1H/t13?,14-;/m0./s1. The smallest absolute Gasteiger partial charge is 0.239 e. The van der Waals surface area contributed by atoms with Gasteiger partial charge in [-0.15, -0.1) is 12.4 Å². The number of nitrogens with zero attached hydrogens (tertiary/aromatic N) is 1. The molecule has 1 amide bonds. The third-order valence-corrected chi connectivity index (χ3v) is 3.52. The SMILES string of the molecule is CCC1CN(C(=O)[C@@H](N)Cc2ccccc2)CCO1.Cl. The molecule has 0 spiro atoms. The number of carbonyl (C=O) groups is 1. The average molecular weight is 299 g/mol. The number of halogens is 1. The van der Waals surface area contributed by atoms with Gasteiger partial charge in [-0.2, -0.15) is 0 Å². The second-order valence-electron chi connectivity index (χ2n) is 4.98. The van der Waals surface area contributed by atoms with Gasteiger partial charge in [-0.05, 0) is 18.4 Å². The molecule has 0 aromatic heterocycles.